The second-order valence-electron chi connectivity index (χ2n) is 3.11. The lowest BCUT2D eigenvalue weighted by atomic mass is 10.4. The van der Waals surface area contributed by atoms with Gasteiger partial charge in [0.05, 0.1) is 0 Å². The molecule has 6 heteroatoms. The van der Waals surface area contributed by atoms with Crippen molar-refractivity contribution in [3.63, 3.8) is 0 Å². The van der Waals surface area contributed by atoms with Crippen LogP contribution in [-0.4, -0.2) is 26.2 Å². The van der Waals surface area contributed by atoms with E-state index in [2.05, 4.69) is 21.0 Å². The Kier molecular flexibility index (Phi) is 2.93. The molecule has 0 N–H and O–H groups in total. The second kappa shape index (κ2) is 4.37. The normalized spacial score (nSPS) is 10.3. The molecule has 0 bridgehead atoms. The SMILES string of the molecule is C#CCCOc1c(C)c(Cl)nc2ncnn12. The maximum atomic E-state index is 5.95. The van der Waals surface area contributed by atoms with Gasteiger partial charge in [-0.2, -0.15) is 19.6 Å². The molecule has 82 valence electrons. The Morgan fingerprint density at radius 3 is 3.19 bits per heavy atom. The van der Waals surface area contributed by atoms with E-state index in [-0.39, 0.29) is 0 Å². The zero-order valence-corrected chi connectivity index (χ0v) is 9.40. The number of aromatic nitrogens is 4. The summed E-state index contributed by atoms with van der Waals surface area (Å²) in [6.45, 7) is 2.22. The molecule has 0 aliphatic rings. The van der Waals surface area contributed by atoms with E-state index >= 15 is 0 Å². The highest BCUT2D eigenvalue weighted by Crippen LogP contribution is 2.23. The van der Waals surface area contributed by atoms with Gasteiger partial charge in [0.25, 0.3) is 5.78 Å². The molecular weight excluding hydrogens is 228 g/mol. The average molecular weight is 237 g/mol. The van der Waals surface area contributed by atoms with Gasteiger partial charge in [-0.25, -0.2) is 0 Å². The standard InChI is InChI=1S/C10H9ClN4O/c1-3-4-5-16-9-7(2)8(11)14-10-12-6-13-15(9)10/h1,6H,4-5H2,2H3. The lowest BCUT2D eigenvalue weighted by Crippen LogP contribution is -2.06. The van der Waals surface area contributed by atoms with E-state index in [9.17, 15) is 0 Å². The average Bonchev–Trinajstić information content (AvgIpc) is 2.71. The highest BCUT2D eigenvalue weighted by molar-refractivity contribution is 6.30. The van der Waals surface area contributed by atoms with Crippen LogP contribution in [-0.2, 0) is 0 Å². The van der Waals surface area contributed by atoms with Crippen molar-refractivity contribution in [3.8, 4) is 18.2 Å². The highest BCUT2D eigenvalue weighted by atomic mass is 35.5. The summed E-state index contributed by atoms with van der Waals surface area (Å²) in [4.78, 5) is 8.00. The summed E-state index contributed by atoms with van der Waals surface area (Å²) >= 11 is 5.95. The zero-order valence-electron chi connectivity index (χ0n) is 8.64. The first kappa shape index (κ1) is 10.7. The third-order valence-electron chi connectivity index (χ3n) is 2.04. The molecular formula is C10H9ClN4O. The summed E-state index contributed by atoms with van der Waals surface area (Å²) in [7, 11) is 0. The van der Waals surface area contributed by atoms with Crippen molar-refractivity contribution in [2.75, 3.05) is 6.61 Å². The van der Waals surface area contributed by atoms with Crippen LogP contribution < -0.4 is 4.74 Å². The summed E-state index contributed by atoms with van der Waals surface area (Å²) in [5, 5.41) is 4.36. The van der Waals surface area contributed by atoms with Crippen molar-refractivity contribution in [1.29, 1.82) is 0 Å². The number of fused-ring (bicyclic) bond motifs is 1. The van der Waals surface area contributed by atoms with Gasteiger partial charge in [-0.3, -0.25) is 0 Å². The van der Waals surface area contributed by atoms with Crippen LogP contribution in [0.2, 0.25) is 5.15 Å². The number of hydrogen-bond acceptors (Lipinski definition) is 4. The molecule has 16 heavy (non-hydrogen) atoms. The van der Waals surface area contributed by atoms with Gasteiger partial charge in [0.2, 0.25) is 5.88 Å². The molecule has 5 nitrogen and oxygen atoms in total. The summed E-state index contributed by atoms with van der Waals surface area (Å²) in [6, 6.07) is 0. The number of terminal acetylenes is 1. The fraction of sp³-hybridized carbons (Fsp3) is 0.300. The Hall–Kier alpha value is -1.80. The van der Waals surface area contributed by atoms with Crippen molar-refractivity contribution >= 4 is 17.4 Å². The first-order valence-corrected chi connectivity index (χ1v) is 5.04. The minimum atomic E-state index is 0.358. The molecule has 2 heterocycles. The number of ether oxygens (including phenoxy) is 1. The van der Waals surface area contributed by atoms with Crippen LogP contribution in [0.25, 0.3) is 5.78 Å². The van der Waals surface area contributed by atoms with E-state index in [1.807, 2.05) is 6.92 Å². The van der Waals surface area contributed by atoms with Gasteiger partial charge < -0.3 is 4.74 Å². The van der Waals surface area contributed by atoms with E-state index in [0.717, 1.165) is 5.56 Å². The summed E-state index contributed by atoms with van der Waals surface area (Å²) in [5.41, 5.74) is 0.719. The van der Waals surface area contributed by atoms with Crippen molar-refractivity contribution in [2.45, 2.75) is 13.3 Å². The zero-order chi connectivity index (χ0) is 11.5. The van der Waals surface area contributed by atoms with Gasteiger partial charge in [-0.1, -0.05) is 11.6 Å². The van der Waals surface area contributed by atoms with Crippen molar-refractivity contribution < 1.29 is 4.74 Å². The molecule has 0 aliphatic carbocycles. The van der Waals surface area contributed by atoms with E-state index in [1.54, 1.807) is 0 Å². The predicted octanol–water partition coefficient (Wildman–Crippen LogP) is 1.49. The molecule has 0 amide bonds. The van der Waals surface area contributed by atoms with E-state index in [0.29, 0.717) is 29.8 Å². The molecule has 0 radical (unpaired) electrons. The molecule has 0 saturated carbocycles. The molecule has 0 aromatic carbocycles. The molecule has 0 atom stereocenters. The topological polar surface area (TPSA) is 52.3 Å². The lowest BCUT2D eigenvalue weighted by Gasteiger charge is -2.09. The monoisotopic (exact) mass is 236 g/mol. The summed E-state index contributed by atoms with van der Waals surface area (Å²) in [6.07, 6.45) is 7.07. The fourth-order valence-corrected chi connectivity index (χ4v) is 1.41. The molecule has 2 aromatic heterocycles. The third-order valence-corrected chi connectivity index (χ3v) is 2.40. The largest absolute Gasteiger partial charge is 0.476 e. The van der Waals surface area contributed by atoms with Crippen molar-refractivity contribution in [2.24, 2.45) is 0 Å². The van der Waals surface area contributed by atoms with Gasteiger partial charge in [-0.05, 0) is 6.92 Å². The Bertz CT molecular complexity index is 558. The molecule has 0 aliphatic heterocycles. The van der Waals surface area contributed by atoms with Crippen molar-refractivity contribution in [3.05, 3.63) is 17.0 Å². The van der Waals surface area contributed by atoms with Crippen molar-refractivity contribution in [1.82, 2.24) is 19.6 Å². The van der Waals surface area contributed by atoms with Crippen LogP contribution in [0.15, 0.2) is 6.33 Å². The lowest BCUT2D eigenvalue weighted by molar-refractivity contribution is 0.303. The van der Waals surface area contributed by atoms with Crippen LogP contribution in [0.3, 0.4) is 0 Å². The third kappa shape index (κ3) is 1.79. The molecule has 2 aromatic rings. The fourth-order valence-electron chi connectivity index (χ4n) is 1.25. The minimum absolute atomic E-state index is 0.358. The quantitative estimate of drug-likeness (QED) is 0.460. The molecule has 0 unspecified atom stereocenters. The molecule has 0 spiro atoms. The smallest absolute Gasteiger partial charge is 0.256 e. The Morgan fingerprint density at radius 2 is 2.44 bits per heavy atom. The minimum Gasteiger partial charge on any atom is -0.476 e. The van der Waals surface area contributed by atoms with Crippen LogP contribution in [0, 0.1) is 19.3 Å². The predicted molar refractivity (Wildman–Crippen MR) is 59.5 cm³/mol. The summed E-state index contributed by atoms with van der Waals surface area (Å²) < 4.78 is 7.02. The van der Waals surface area contributed by atoms with E-state index < -0.39 is 0 Å². The van der Waals surface area contributed by atoms with Crippen LogP contribution in [0.4, 0.5) is 0 Å². The van der Waals surface area contributed by atoms with Gasteiger partial charge in [0.1, 0.15) is 18.1 Å². The van der Waals surface area contributed by atoms with E-state index in [4.69, 9.17) is 22.8 Å². The Morgan fingerprint density at radius 1 is 1.62 bits per heavy atom. The maximum Gasteiger partial charge on any atom is 0.256 e. The van der Waals surface area contributed by atoms with Crippen LogP contribution in [0.5, 0.6) is 5.88 Å². The Balaban J connectivity index is 2.44. The number of rotatable bonds is 3. The number of halogens is 1. The van der Waals surface area contributed by atoms with Gasteiger partial charge in [0.15, 0.2) is 0 Å². The molecule has 2 rings (SSSR count). The maximum absolute atomic E-state index is 5.95. The number of nitrogens with zero attached hydrogens (tertiary/aromatic N) is 4. The van der Waals surface area contributed by atoms with Gasteiger partial charge >= 0.3 is 0 Å². The van der Waals surface area contributed by atoms with Gasteiger partial charge in [0, 0.05) is 12.0 Å². The van der Waals surface area contributed by atoms with Crippen LogP contribution >= 0.6 is 11.6 Å². The van der Waals surface area contributed by atoms with E-state index in [1.165, 1.54) is 10.8 Å². The first-order chi connectivity index (χ1) is 7.74. The van der Waals surface area contributed by atoms with Crippen LogP contribution in [0.1, 0.15) is 12.0 Å². The number of hydrogen-bond donors (Lipinski definition) is 0. The Labute approximate surface area is 97.4 Å². The first-order valence-electron chi connectivity index (χ1n) is 4.66. The second-order valence-corrected chi connectivity index (χ2v) is 3.47. The molecule has 0 saturated heterocycles. The van der Waals surface area contributed by atoms with Gasteiger partial charge in [-0.15, -0.1) is 12.3 Å². The molecule has 0 fully saturated rings. The highest BCUT2D eigenvalue weighted by Gasteiger charge is 2.12. The summed E-state index contributed by atoms with van der Waals surface area (Å²) in [5.74, 6) is 3.43.